The molecule has 0 saturated carbocycles. The fraction of sp³-hybridized carbons (Fsp3) is 0.240. The molecule has 1 N–H and O–H groups in total. The van der Waals surface area contributed by atoms with Gasteiger partial charge in [-0.1, -0.05) is 24.3 Å². The van der Waals surface area contributed by atoms with E-state index >= 15 is 0 Å². The van der Waals surface area contributed by atoms with Crippen molar-refractivity contribution in [3.63, 3.8) is 0 Å². The number of ether oxygens (including phenoxy) is 2. The molecule has 3 rings (SSSR count). The zero-order valence-corrected chi connectivity index (χ0v) is 18.0. The highest BCUT2D eigenvalue weighted by molar-refractivity contribution is 6.01. The summed E-state index contributed by atoms with van der Waals surface area (Å²) in [6.45, 7) is 4.72. The molecule has 3 aromatic rings. The second kappa shape index (κ2) is 9.43. The number of benzene rings is 3. The summed E-state index contributed by atoms with van der Waals surface area (Å²) in [4.78, 5) is 36.4. The van der Waals surface area contributed by atoms with Gasteiger partial charge in [-0.2, -0.15) is 0 Å². The highest BCUT2D eigenvalue weighted by Crippen LogP contribution is 2.26. The minimum Gasteiger partial charge on any atom is -0.497 e. The number of hydrogen-bond acceptors (Lipinski definition) is 5. The molecule has 3 aromatic carbocycles. The van der Waals surface area contributed by atoms with Crippen molar-refractivity contribution in [2.75, 3.05) is 12.4 Å². The molecule has 0 spiro atoms. The normalized spacial score (nSPS) is 12.6. The molecule has 0 aliphatic carbocycles. The van der Waals surface area contributed by atoms with Crippen molar-refractivity contribution in [1.82, 2.24) is 0 Å². The van der Waals surface area contributed by atoms with Gasteiger partial charge in [0, 0.05) is 18.2 Å². The minimum absolute atomic E-state index is 0.191. The zero-order valence-electron chi connectivity index (χ0n) is 18.0. The summed E-state index contributed by atoms with van der Waals surface area (Å²) in [5.41, 5.74) is 1.81. The number of Topliss-reactive ketones (excluding diaryl/α,β-unsaturated/α-hetero) is 1. The van der Waals surface area contributed by atoms with Crippen LogP contribution in [-0.4, -0.2) is 30.9 Å². The number of ketones is 1. The van der Waals surface area contributed by atoms with Crippen molar-refractivity contribution in [2.45, 2.75) is 32.8 Å². The van der Waals surface area contributed by atoms with E-state index in [1.54, 1.807) is 45.2 Å². The number of carbonyl (C=O) groups is 3. The van der Waals surface area contributed by atoms with Gasteiger partial charge < -0.3 is 14.8 Å². The van der Waals surface area contributed by atoms with Crippen molar-refractivity contribution >= 4 is 34.1 Å². The van der Waals surface area contributed by atoms with Crippen LogP contribution in [0.25, 0.3) is 10.8 Å². The summed E-state index contributed by atoms with van der Waals surface area (Å²) in [6.07, 6.45) is -0.925. The Balaban J connectivity index is 1.67. The van der Waals surface area contributed by atoms with E-state index in [1.807, 2.05) is 36.4 Å². The highest BCUT2D eigenvalue weighted by Gasteiger charge is 2.24. The number of carbonyl (C=O) groups excluding carboxylic acids is 3. The van der Waals surface area contributed by atoms with Crippen molar-refractivity contribution in [3.05, 3.63) is 71.8 Å². The third kappa shape index (κ3) is 5.28. The van der Waals surface area contributed by atoms with Crippen LogP contribution in [0.15, 0.2) is 60.7 Å². The highest BCUT2D eigenvalue weighted by atomic mass is 16.5. The number of nitrogens with one attached hydrogen (secondary N) is 1. The van der Waals surface area contributed by atoms with E-state index in [0.717, 1.165) is 22.1 Å². The van der Waals surface area contributed by atoms with Crippen molar-refractivity contribution in [3.8, 4) is 5.75 Å². The lowest BCUT2D eigenvalue weighted by atomic mass is 9.97. The molecule has 160 valence electrons. The summed E-state index contributed by atoms with van der Waals surface area (Å²) >= 11 is 0. The predicted octanol–water partition coefficient (Wildman–Crippen LogP) is 4.72. The number of amides is 1. The molecule has 6 heteroatoms. The molecule has 0 heterocycles. The summed E-state index contributed by atoms with van der Waals surface area (Å²) < 4.78 is 10.7. The maximum atomic E-state index is 12.7. The first-order valence-electron chi connectivity index (χ1n) is 9.98. The molecular formula is C25H25NO5. The maximum absolute atomic E-state index is 12.7. The first-order chi connectivity index (χ1) is 14.8. The summed E-state index contributed by atoms with van der Waals surface area (Å²) in [6, 6.07) is 17.9. The molecule has 0 aliphatic heterocycles. The third-order valence-electron chi connectivity index (χ3n) is 5.08. The third-order valence-corrected chi connectivity index (χ3v) is 5.08. The van der Waals surface area contributed by atoms with Crippen LogP contribution in [0.4, 0.5) is 5.69 Å². The Morgan fingerprint density at radius 3 is 2.16 bits per heavy atom. The molecule has 0 aromatic heterocycles. The van der Waals surface area contributed by atoms with Crippen LogP contribution in [0, 0.1) is 0 Å². The van der Waals surface area contributed by atoms with Gasteiger partial charge in [0.15, 0.2) is 6.10 Å². The largest absolute Gasteiger partial charge is 0.497 e. The Morgan fingerprint density at radius 1 is 0.871 bits per heavy atom. The van der Waals surface area contributed by atoms with Crippen LogP contribution in [0.1, 0.15) is 42.6 Å². The molecular weight excluding hydrogens is 394 g/mol. The smallest absolute Gasteiger partial charge is 0.313 e. The van der Waals surface area contributed by atoms with Gasteiger partial charge in [0.2, 0.25) is 11.7 Å². The standard InChI is InChI=1S/C25H25NO5/c1-15(19-5-6-21-14-23(30-4)12-9-20(21)13-19)25(29)31-16(2)24(28)18-7-10-22(11-8-18)26-17(3)27/h5-16H,1-4H3,(H,26,27)/t15-,16+/m0/s1. The number of rotatable bonds is 7. The van der Waals surface area contributed by atoms with Crippen molar-refractivity contribution < 1.29 is 23.9 Å². The molecule has 0 radical (unpaired) electrons. The number of hydrogen-bond donors (Lipinski definition) is 1. The van der Waals surface area contributed by atoms with E-state index in [0.29, 0.717) is 11.3 Å². The first kappa shape index (κ1) is 22.0. The fourth-order valence-electron chi connectivity index (χ4n) is 3.26. The van der Waals surface area contributed by atoms with E-state index in [9.17, 15) is 14.4 Å². The Morgan fingerprint density at radius 2 is 1.52 bits per heavy atom. The Bertz CT molecular complexity index is 1120. The molecule has 0 saturated heterocycles. The molecule has 2 atom stereocenters. The summed E-state index contributed by atoms with van der Waals surface area (Å²) in [7, 11) is 1.62. The minimum atomic E-state index is -0.925. The summed E-state index contributed by atoms with van der Waals surface area (Å²) in [5.74, 6) is -0.721. The van der Waals surface area contributed by atoms with Crippen LogP contribution in [0.2, 0.25) is 0 Å². The molecule has 1 amide bonds. The zero-order chi connectivity index (χ0) is 22.5. The number of anilines is 1. The Kier molecular flexibility index (Phi) is 6.70. The predicted molar refractivity (Wildman–Crippen MR) is 120 cm³/mol. The van der Waals surface area contributed by atoms with E-state index in [-0.39, 0.29) is 11.7 Å². The van der Waals surface area contributed by atoms with E-state index in [2.05, 4.69) is 5.32 Å². The van der Waals surface area contributed by atoms with Gasteiger partial charge >= 0.3 is 5.97 Å². The van der Waals surface area contributed by atoms with E-state index in [1.165, 1.54) is 6.92 Å². The molecule has 0 fully saturated rings. The molecule has 0 unspecified atom stereocenters. The number of esters is 1. The SMILES string of the molecule is COc1ccc2cc([C@H](C)C(=O)O[C@H](C)C(=O)c3ccc(NC(C)=O)cc3)ccc2c1. The van der Waals surface area contributed by atoms with E-state index < -0.39 is 18.0 Å². The lowest BCUT2D eigenvalue weighted by Crippen LogP contribution is -2.26. The van der Waals surface area contributed by atoms with Gasteiger partial charge in [0.25, 0.3) is 0 Å². The molecule has 0 bridgehead atoms. The van der Waals surface area contributed by atoms with Gasteiger partial charge in [-0.15, -0.1) is 0 Å². The van der Waals surface area contributed by atoms with Gasteiger partial charge in [0.05, 0.1) is 13.0 Å². The topological polar surface area (TPSA) is 81.7 Å². The van der Waals surface area contributed by atoms with Crippen LogP contribution in [0.5, 0.6) is 5.75 Å². The second-order valence-corrected chi connectivity index (χ2v) is 7.40. The van der Waals surface area contributed by atoms with Crippen LogP contribution in [0.3, 0.4) is 0 Å². The summed E-state index contributed by atoms with van der Waals surface area (Å²) in [5, 5.41) is 4.64. The quantitative estimate of drug-likeness (QED) is 0.442. The average molecular weight is 419 g/mol. The molecule has 6 nitrogen and oxygen atoms in total. The maximum Gasteiger partial charge on any atom is 0.313 e. The second-order valence-electron chi connectivity index (χ2n) is 7.40. The van der Waals surface area contributed by atoms with E-state index in [4.69, 9.17) is 9.47 Å². The lowest BCUT2D eigenvalue weighted by Gasteiger charge is -2.17. The lowest BCUT2D eigenvalue weighted by molar-refractivity contribution is -0.147. The average Bonchev–Trinajstić information content (AvgIpc) is 2.77. The Labute approximate surface area is 181 Å². The van der Waals surface area contributed by atoms with Crippen molar-refractivity contribution in [2.24, 2.45) is 0 Å². The van der Waals surface area contributed by atoms with Gasteiger partial charge in [-0.3, -0.25) is 14.4 Å². The first-order valence-corrected chi connectivity index (χ1v) is 9.98. The number of fused-ring (bicyclic) bond motifs is 1. The molecule has 31 heavy (non-hydrogen) atoms. The van der Waals surface area contributed by atoms with Gasteiger partial charge in [-0.05, 0) is 66.6 Å². The van der Waals surface area contributed by atoms with Crippen LogP contribution >= 0.6 is 0 Å². The monoisotopic (exact) mass is 419 g/mol. The molecule has 0 aliphatic rings. The van der Waals surface area contributed by atoms with Crippen LogP contribution in [-0.2, 0) is 14.3 Å². The fourth-order valence-corrected chi connectivity index (χ4v) is 3.26. The van der Waals surface area contributed by atoms with Gasteiger partial charge in [0.1, 0.15) is 5.75 Å². The van der Waals surface area contributed by atoms with Gasteiger partial charge in [-0.25, -0.2) is 0 Å². The van der Waals surface area contributed by atoms with Crippen LogP contribution < -0.4 is 10.1 Å². The van der Waals surface area contributed by atoms with Crippen molar-refractivity contribution in [1.29, 1.82) is 0 Å². The Hall–Kier alpha value is -3.67. The number of methoxy groups -OCH3 is 1.